The predicted molar refractivity (Wildman–Crippen MR) is 91.1 cm³/mol. The largest absolute Gasteiger partial charge is 0.399 e. The maximum atomic E-state index is 9.28. The van der Waals surface area contributed by atoms with Crippen LogP contribution in [-0.4, -0.2) is 23.4 Å². The highest BCUT2D eigenvalue weighted by Crippen LogP contribution is 2.36. The first-order valence-corrected chi connectivity index (χ1v) is 7.05. The Kier molecular flexibility index (Phi) is 4.75. The van der Waals surface area contributed by atoms with Crippen LogP contribution in [0.15, 0.2) is 24.3 Å². The van der Waals surface area contributed by atoms with Gasteiger partial charge in [-0.05, 0) is 53.8 Å². The summed E-state index contributed by atoms with van der Waals surface area (Å²) < 4.78 is 0. The quantitative estimate of drug-likeness (QED) is 0.450. The van der Waals surface area contributed by atoms with Gasteiger partial charge in [-0.15, -0.1) is 0 Å². The summed E-state index contributed by atoms with van der Waals surface area (Å²) >= 11 is 0. The van der Waals surface area contributed by atoms with Crippen molar-refractivity contribution >= 4 is 22.7 Å². The van der Waals surface area contributed by atoms with Gasteiger partial charge in [0.15, 0.2) is 0 Å². The van der Waals surface area contributed by atoms with Crippen molar-refractivity contribution in [3.8, 4) is 11.1 Å². The van der Waals surface area contributed by atoms with E-state index < -0.39 is 0 Å². The molecule has 0 unspecified atom stereocenters. The monoisotopic (exact) mass is 302 g/mol. The second-order valence-electron chi connectivity index (χ2n) is 5.22. The van der Waals surface area contributed by atoms with Gasteiger partial charge in [0.25, 0.3) is 0 Å². The maximum absolute atomic E-state index is 9.28. The fourth-order valence-electron chi connectivity index (χ4n) is 2.70. The van der Waals surface area contributed by atoms with Gasteiger partial charge in [-0.25, -0.2) is 0 Å². The van der Waals surface area contributed by atoms with Crippen LogP contribution in [-0.2, 0) is 12.8 Å². The summed E-state index contributed by atoms with van der Waals surface area (Å²) in [4.78, 5) is 0. The fourth-order valence-corrected chi connectivity index (χ4v) is 2.70. The van der Waals surface area contributed by atoms with Gasteiger partial charge in [0.05, 0.1) is 0 Å². The summed E-state index contributed by atoms with van der Waals surface area (Å²) in [6.07, 6.45) is 0.766. The van der Waals surface area contributed by atoms with Crippen molar-refractivity contribution in [2.24, 2.45) is 0 Å². The molecule has 0 aliphatic heterocycles. The van der Waals surface area contributed by atoms with Gasteiger partial charge in [0.1, 0.15) is 0 Å². The Morgan fingerprint density at radius 1 is 0.727 bits per heavy atom. The van der Waals surface area contributed by atoms with Crippen LogP contribution in [0.4, 0.5) is 22.7 Å². The highest BCUT2D eigenvalue weighted by atomic mass is 16.3. The molecular weight excluding hydrogens is 280 g/mol. The maximum Gasteiger partial charge on any atom is 0.0472 e. The molecule has 2 aromatic carbocycles. The minimum absolute atomic E-state index is 0.0351. The van der Waals surface area contributed by atoms with Gasteiger partial charge in [-0.2, -0.15) is 0 Å². The molecule has 0 amide bonds. The molecule has 0 radical (unpaired) electrons. The Morgan fingerprint density at radius 3 is 1.82 bits per heavy atom. The number of benzene rings is 2. The van der Waals surface area contributed by atoms with Crippen LogP contribution in [0.1, 0.15) is 11.1 Å². The number of anilines is 4. The van der Waals surface area contributed by atoms with Gasteiger partial charge in [0, 0.05) is 41.5 Å². The van der Waals surface area contributed by atoms with E-state index in [4.69, 9.17) is 22.9 Å². The van der Waals surface area contributed by atoms with E-state index in [2.05, 4.69) is 0 Å². The summed E-state index contributed by atoms with van der Waals surface area (Å²) in [5.41, 5.74) is 29.2. The molecule has 0 aliphatic carbocycles. The molecule has 6 heteroatoms. The molecule has 22 heavy (non-hydrogen) atoms. The van der Waals surface area contributed by atoms with Gasteiger partial charge >= 0.3 is 0 Å². The average molecular weight is 302 g/mol. The SMILES string of the molecule is Nc1cc(N)cc(-c2cc(N)c(CCO)c(CCO)c2N)c1. The first-order valence-electron chi connectivity index (χ1n) is 7.05. The first-order chi connectivity index (χ1) is 10.5. The highest BCUT2D eigenvalue weighted by molar-refractivity contribution is 5.86. The molecule has 0 atom stereocenters. The molecule has 0 aromatic heterocycles. The highest BCUT2D eigenvalue weighted by Gasteiger charge is 2.16. The molecule has 0 bridgehead atoms. The Morgan fingerprint density at radius 2 is 1.27 bits per heavy atom. The molecule has 2 rings (SSSR count). The Bertz CT molecular complexity index is 666. The molecule has 0 fully saturated rings. The first kappa shape index (κ1) is 15.9. The van der Waals surface area contributed by atoms with Crippen molar-refractivity contribution in [1.82, 2.24) is 0 Å². The summed E-state index contributed by atoms with van der Waals surface area (Å²) in [5.74, 6) is 0. The van der Waals surface area contributed by atoms with Crippen molar-refractivity contribution in [3.63, 3.8) is 0 Å². The molecule has 118 valence electrons. The topological polar surface area (TPSA) is 145 Å². The molecule has 10 N–H and O–H groups in total. The van der Waals surface area contributed by atoms with Crippen LogP contribution in [0, 0.1) is 0 Å². The van der Waals surface area contributed by atoms with Crippen molar-refractivity contribution in [2.75, 3.05) is 36.1 Å². The van der Waals surface area contributed by atoms with Crippen LogP contribution in [0.25, 0.3) is 11.1 Å². The molecule has 0 heterocycles. The van der Waals surface area contributed by atoms with E-state index in [0.717, 1.165) is 22.3 Å². The van der Waals surface area contributed by atoms with Gasteiger partial charge in [0.2, 0.25) is 0 Å². The van der Waals surface area contributed by atoms with Crippen molar-refractivity contribution in [1.29, 1.82) is 0 Å². The molecule has 6 nitrogen and oxygen atoms in total. The smallest absolute Gasteiger partial charge is 0.0472 e. The van der Waals surface area contributed by atoms with Gasteiger partial charge in [-0.3, -0.25) is 0 Å². The summed E-state index contributed by atoms with van der Waals surface area (Å²) in [7, 11) is 0. The number of aliphatic hydroxyl groups is 2. The van der Waals surface area contributed by atoms with Crippen molar-refractivity contribution in [2.45, 2.75) is 12.8 Å². The van der Waals surface area contributed by atoms with Crippen LogP contribution >= 0.6 is 0 Å². The zero-order chi connectivity index (χ0) is 16.3. The third-order valence-electron chi connectivity index (χ3n) is 3.64. The second kappa shape index (κ2) is 6.55. The number of nitrogen functional groups attached to an aromatic ring is 4. The molecular formula is C16H22N4O2. The number of hydrogen-bond donors (Lipinski definition) is 6. The van der Waals surface area contributed by atoms with E-state index >= 15 is 0 Å². The Labute approximate surface area is 129 Å². The number of aliphatic hydroxyl groups excluding tert-OH is 2. The minimum atomic E-state index is -0.0510. The third kappa shape index (κ3) is 3.08. The van der Waals surface area contributed by atoms with Crippen LogP contribution < -0.4 is 22.9 Å². The third-order valence-corrected chi connectivity index (χ3v) is 3.64. The van der Waals surface area contributed by atoms with Crippen LogP contribution in [0.2, 0.25) is 0 Å². The summed E-state index contributed by atoms with van der Waals surface area (Å²) in [6.45, 7) is -0.0861. The molecule has 0 saturated heterocycles. The number of rotatable bonds is 5. The zero-order valence-electron chi connectivity index (χ0n) is 12.3. The lowest BCUT2D eigenvalue weighted by Crippen LogP contribution is -2.09. The minimum Gasteiger partial charge on any atom is -0.399 e. The van der Waals surface area contributed by atoms with E-state index in [1.165, 1.54) is 0 Å². The van der Waals surface area contributed by atoms with E-state index in [-0.39, 0.29) is 13.2 Å². The predicted octanol–water partition coefficient (Wildman–Crippen LogP) is 0.752. The standard InChI is InChI=1S/C16H22N4O2/c17-10-5-9(6-11(18)7-10)14-8-15(19)12(1-3-21)13(2-4-22)16(14)20/h5-8,21-22H,1-4,17-20H2. The lowest BCUT2D eigenvalue weighted by molar-refractivity contribution is 0.293. The molecule has 2 aromatic rings. The molecule has 0 spiro atoms. The zero-order valence-corrected chi connectivity index (χ0v) is 12.3. The Hall–Kier alpha value is -2.44. The van der Waals surface area contributed by atoms with Gasteiger partial charge < -0.3 is 33.1 Å². The van der Waals surface area contributed by atoms with E-state index in [9.17, 15) is 10.2 Å². The van der Waals surface area contributed by atoms with Gasteiger partial charge in [-0.1, -0.05) is 0 Å². The average Bonchev–Trinajstić information content (AvgIpc) is 2.45. The fraction of sp³-hybridized carbons (Fsp3) is 0.250. The van der Waals surface area contributed by atoms with E-state index in [1.54, 1.807) is 24.3 Å². The lowest BCUT2D eigenvalue weighted by Gasteiger charge is -2.18. The molecule has 0 aliphatic rings. The van der Waals surface area contributed by atoms with Crippen molar-refractivity contribution < 1.29 is 10.2 Å². The normalized spacial score (nSPS) is 10.8. The number of nitrogens with two attached hydrogens (primary N) is 4. The lowest BCUT2D eigenvalue weighted by atomic mass is 9.91. The summed E-state index contributed by atoms with van der Waals surface area (Å²) in [5, 5.41) is 18.5. The van der Waals surface area contributed by atoms with E-state index in [1.807, 2.05) is 0 Å². The van der Waals surface area contributed by atoms with Crippen LogP contribution in [0.5, 0.6) is 0 Å². The number of hydrogen-bond acceptors (Lipinski definition) is 6. The second-order valence-corrected chi connectivity index (χ2v) is 5.22. The van der Waals surface area contributed by atoms with Crippen LogP contribution in [0.3, 0.4) is 0 Å². The van der Waals surface area contributed by atoms with E-state index in [0.29, 0.717) is 35.6 Å². The summed E-state index contributed by atoms with van der Waals surface area (Å²) in [6, 6.07) is 6.97. The van der Waals surface area contributed by atoms with Crippen molar-refractivity contribution in [3.05, 3.63) is 35.4 Å². The Balaban J connectivity index is 2.66. The molecule has 0 saturated carbocycles.